The van der Waals surface area contributed by atoms with Crippen LogP contribution in [0, 0.1) is 5.92 Å². The summed E-state index contributed by atoms with van der Waals surface area (Å²) < 4.78 is 0. The molecule has 0 unspecified atom stereocenters. The molecule has 0 saturated heterocycles. The minimum atomic E-state index is -0.338. The van der Waals surface area contributed by atoms with Crippen LogP contribution in [-0.4, -0.2) is 29.6 Å². The number of hydrogen-bond donors (Lipinski definition) is 2. The van der Waals surface area contributed by atoms with Crippen LogP contribution in [0.15, 0.2) is 42.5 Å². The van der Waals surface area contributed by atoms with Crippen molar-refractivity contribution in [2.24, 2.45) is 5.92 Å². The zero-order valence-electron chi connectivity index (χ0n) is 16.8. The first-order chi connectivity index (χ1) is 14.0. The third kappa shape index (κ3) is 3.75. The Hall–Kier alpha value is -2.79. The summed E-state index contributed by atoms with van der Waals surface area (Å²) in [4.78, 5) is 38.2. The van der Waals surface area contributed by atoms with Gasteiger partial charge in [0.1, 0.15) is 0 Å². The first-order valence-corrected chi connectivity index (χ1v) is 10.3. The summed E-state index contributed by atoms with van der Waals surface area (Å²) in [6.07, 6.45) is 4.73. The van der Waals surface area contributed by atoms with Crippen LogP contribution in [0.3, 0.4) is 0 Å². The molecule has 0 spiro atoms. The SMILES string of the molecule is C[C@H](N[C@H]1CCCC[C@H]1C)C(=O)Nc1ccc2c(c1)C(=O)c1ccccc1C2=O. The van der Waals surface area contributed by atoms with Crippen LogP contribution < -0.4 is 10.6 Å². The van der Waals surface area contributed by atoms with Gasteiger partial charge in [-0.25, -0.2) is 0 Å². The van der Waals surface area contributed by atoms with Gasteiger partial charge in [0.15, 0.2) is 11.6 Å². The van der Waals surface area contributed by atoms with E-state index in [1.165, 1.54) is 19.3 Å². The number of ketones is 2. The number of nitrogens with one attached hydrogen (secondary N) is 2. The van der Waals surface area contributed by atoms with Crippen molar-refractivity contribution in [2.75, 3.05) is 5.32 Å². The van der Waals surface area contributed by atoms with Gasteiger partial charge in [0.2, 0.25) is 5.91 Å². The Labute approximate surface area is 170 Å². The number of rotatable bonds is 4. The van der Waals surface area contributed by atoms with Crippen molar-refractivity contribution in [3.63, 3.8) is 0 Å². The van der Waals surface area contributed by atoms with Crippen LogP contribution in [-0.2, 0) is 4.79 Å². The molecule has 0 heterocycles. The van der Waals surface area contributed by atoms with E-state index in [0.717, 1.165) is 6.42 Å². The van der Waals surface area contributed by atoms with Crippen molar-refractivity contribution < 1.29 is 14.4 Å². The summed E-state index contributed by atoms with van der Waals surface area (Å²) in [6.45, 7) is 4.09. The van der Waals surface area contributed by atoms with Crippen LogP contribution in [0.5, 0.6) is 0 Å². The lowest BCUT2D eigenvalue weighted by Gasteiger charge is -2.31. The summed E-state index contributed by atoms with van der Waals surface area (Å²) >= 11 is 0. The molecule has 29 heavy (non-hydrogen) atoms. The molecule has 0 aliphatic heterocycles. The third-order valence-electron chi connectivity index (χ3n) is 6.16. The van der Waals surface area contributed by atoms with Crippen molar-refractivity contribution in [1.82, 2.24) is 5.32 Å². The fourth-order valence-corrected chi connectivity index (χ4v) is 4.39. The normalized spacial score (nSPS) is 21.9. The van der Waals surface area contributed by atoms with Gasteiger partial charge in [-0.1, -0.05) is 44.0 Å². The molecule has 1 saturated carbocycles. The molecule has 2 aromatic carbocycles. The van der Waals surface area contributed by atoms with E-state index in [1.54, 1.807) is 42.5 Å². The fourth-order valence-electron chi connectivity index (χ4n) is 4.39. The average molecular weight is 390 g/mol. The van der Waals surface area contributed by atoms with Crippen molar-refractivity contribution in [2.45, 2.75) is 51.6 Å². The summed E-state index contributed by atoms with van der Waals surface area (Å²) in [6, 6.07) is 11.8. The van der Waals surface area contributed by atoms with E-state index >= 15 is 0 Å². The molecule has 5 nitrogen and oxygen atoms in total. The van der Waals surface area contributed by atoms with Gasteiger partial charge in [0, 0.05) is 34.0 Å². The zero-order chi connectivity index (χ0) is 20.5. The van der Waals surface area contributed by atoms with Gasteiger partial charge < -0.3 is 10.6 Å². The molecule has 1 fully saturated rings. The summed E-state index contributed by atoms with van der Waals surface area (Å²) in [5.74, 6) is 0.0760. The van der Waals surface area contributed by atoms with E-state index < -0.39 is 0 Å². The molecule has 3 atom stereocenters. The number of hydrogen-bond acceptors (Lipinski definition) is 4. The Morgan fingerprint density at radius 3 is 2.24 bits per heavy atom. The Bertz CT molecular complexity index is 982. The molecule has 1 amide bonds. The zero-order valence-corrected chi connectivity index (χ0v) is 16.8. The van der Waals surface area contributed by atoms with Crippen molar-refractivity contribution in [3.05, 3.63) is 64.7 Å². The van der Waals surface area contributed by atoms with Gasteiger partial charge in [0.25, 0.3) is 0 Å². The van der Waals surface area contributed by atoms with E-state index in [0.29, 0.717) is 39.9 Å². The first kappa shape index (κ1) is 19.5. The third-order valence-corrected chi connectivity index (χ3v) is 6.16. The lowest BCUT2D eigenvalue weighted by Crippen LogP contribution is -2.47. The smallest absolute Gasteiger partial charge is 0.241 e. The van der Waals surface area contributed by atoms with Gasteiger partial charge in [-0.05, 0) is 43.9 Å². The van der Waals surface area contributed by atoms with Crippen LogP contribution in [0.1, 0.15) is 71.4 Å². The number of amides is 1. The van der Waals surface area contributed by atoms with Crippen molar-refractivity contribution in [1.29, 1.82) is 0 Å². The van der Waals surface area contributed by atoms with Crippen LogP contribution in [0.4, 0.5) is 5.69 Å². The van der Waals surface area contributed by atoms with E-state index in [9.17, 15) is 14.4 Å². The summed E-state index contributed by atoms with van der Waals surface area (Å²) in [7, 11) is 0. The maximum absolute atomic E-state index is 12.8. The highest BCUT2D eigenvalue weighted by Crippen LogP contribution is 2.29. The van der Waals surface area contributed by atoms with Crippen LogP contribution in [0.2, 0.25) is 0 Å². The predicted molar refractivity (Wildman–Crippen MR) is 112 cm³/mol. The number of carbonyl (C=O) groups is 3. The fraction of sp³-hybridized carbons (Fsp3) is 0.375. The molecule has 2 aliphatic rings. The molecule has 2 aliphatic carbocycles. The van der Waals surface area contributed by atoms with Gasteiger partial charge >= 0.3 is 0 Å². The van der Waals surface area contributed by atoms with E-state index in [-0.39, 0.29) is 23.5 Å². The summed E-state index contributed by atoms with van der Waals surface area (Å²) in [5, 5.41) is 6.34. The van der Waals surface area contributed by atoms with E-state index in [2.05, 4.69) is 17.6 Å². The Balaban J connectivity index is 1.50. The number of fused-ring (bicyclic) bond motifs is 2. The summed E-state index contributed by atoms with van der Waals surface area (Å²) in [5.41, 5.74) is 2.09. The van der Waals surface area contributed by atoms with Gasteiger partial charge in [-0.3, -0.25) is 14.4 Å². The Kier molecular flexibility index (Phi) is 5.33. The average Bonchev–Trinajstić information content (AvgIpc) is 2.73. The van der Waals surface area contributed by atoms with Crippen LogP contribution in [0.25, 0.3) is 0 Å². The molecule has 0 aromatic heterocycles. The second-order valence-electron chi connectivity index (χ2n) is 8.21. The highest BCUT2D eigenvalue weighted by atomic mass is 16.2. The molecule has 2 N–H and O–H groups in total. The molecular formula is C24H26N2O3. The van der Waals surface area contributed by atoms with Gasteiger partial charge in [-0.2, -0.15) is 0 Å². The minimum Gasteiger partial charge on any atom is -0.325 e. The number of anilines is 1. The lowest BCUT2D eigenvalue weighted by molar-refractivity contribution is -0.118. The van der Waals surface area contributed by atoms with Crippen molar-refractivity contribution >= 4 is 23.2 Å². The van der Waals surface area contributed by atoms with Gasteiger partial charge in [0.05, 0.1) is 6.04 Å². The highest BCUT2D eigenvalue weighted by Gasteiger charge is 2.30. The molecule has 4 rings (SSSR count). The second kappa shape index (κ2) is 7.91. The van der Waals surface area contributed by atoms with Crippen molar-refractivity contribution in [3.8, 4) is 0 Å². The maximum Gasteiger partial charge on any atom is 0.241 e. The highest BCUT2D eigenvalue weighted by molar-refractivity contribution is 6.28. The second-order valence-corrected chi connectivity index (χ2v) is 8.21. The Morgan fingerprint density at radius 2 is 1.55 bits per heavy atom. The number of benzene rings is 2. The largest absolute Gasteiger partial charge is 0.325 e. The molecule has 0 radical (unpaired) electrons. The van der Waals surface area contributed by atoms with E-state index in [4.69, 9.17) is 0 Å². The molecule has 5 heteroatoms. The standard InChI is InChI=1S/C24H26N2O3/c1-14-7-3-6-10-21(14)25-15(2)24(29)26-16-11-12-19-20(13-16)23(28)18-9-5-4-8-17(18)22(19)27/h4-5,8-9,11-15,21,25H,3,6-7,10H2,1-2H3,(H,26,29)/t14-,15+,21+/m1/s1. The molecule has 150 valence electrons. The number of carbonyl (C=O) groups excluding carboxylic acids is 3. The quantitative estimate of drug-likeness (QED) is 0.707. The van der Waals surface area contributed by atoms with Gasteiger partial charge in [-0.15, -0.1) is 0 Å². The molecule has 0 bridgehead atoms. The topological polar surface area (TPSA) is 75.3 Å². The predicted octanol–water partition coefficient (Wildman–Crippen LogP) is 3.96. The van der Waals surface area contributed by atoms with E-state index in [1.807, 2.05) is 6.92 Å². The van der Waals surface area contributed by atoms with Crippen LogP contribution >= 0.6 is 0 Å². The molecule has 2 aromatic rings. The lowest BCUT2D eigenvalue weighted by atomic mass is 9.84. The Morgan fingerprint density at radius 1 is 0.931 bits per heavy atom. The monoisotopic (exact) mass is 390 g/mol. The molecular weight excluding hydrogens is 364 g/mol. The minimum absolute atomic E-state index is 0.141. The first-order valence-electron chi connectivity index (χ1n) is 10.3. The maximum atomic E-state index is 12.8.